The Bertz CT molecular complexity index is 738. The first-order valence-corrected chi connectivity index (χ1v) is 7.40. The van der Waals surface area contributed by atoms with Crippen molar-refractivity contribution >= 4 is 23.4 Å². The fourth-order valence-electron chi connectivity index (χ4n) is 1.70. The van der Waals surface area contributed by atoms with E-state index >= 15 is 0 Å². The van der Waals surface area contributed by atoms with Crippen molar-refractivity contribution in [3.8, 4) is 11.5 Å². The van der Waals surface area contributed by atoms with E-state index in [4.69, 9.17) is 9.47 Å². The molecule has 0 N–H and O–H groups in total. The summed E-state index contributed by atoms with van der Waals surface area (Å²) in [6.07, 6.45) is 0. The van der Waals surface area contributed by atoms with E-state index in [0.29, 0.717) is 4.90 Å². The molecule has 0 atom stereocenters. The van der Waals surface area contributed by atoms with Gasteiger partial charge in [0.25, 0.3) is 0 Å². The highest BCUT2D eigenvalue weighted by Crippen LogP contribution is 2.31. The molecule has 0 aliphatic carbocycles. The second-order valence-corrected chi connectivity index (χ2v) is 5.30. The molecule has 0 aliphatic rings. The third-order valence-corrected chi connectivity index (χ3v) is 3.79. The fraction of sp³-hybridized carbons (Fsp3) is 0.133. The summed E-state index contributed by atoms with van der Waals surface area (Å²) in [4.78, 5) is 22.4. The molecule has 0 aliphatic heterocycles. The highest BCUT2D eigenvalue weighted by atomic mass is 32.2. The number of carbonyl (C=O) groups excluding carboxylic acids is 1. The van der Waals surface area contributed by atoms with Crippen LogP contribution in [0.4, 0.5) is 10.1 Å². The first kappa shape index (κ1) is 16.8. The minimum atomic E-state index is -0.716. The Balaban J connectivity index is 2.05. The molecule has 0 spiro atoms. The lowest BCUT2D eigenvalue weighted by molar-refractivity contribution is -0.385. The quantitative estimate of drug-likeness (QED) is 0.264. The standard InChI is InChI=1S/C15H12FNO5S/c1-21-10-6-7-13(12(8-10)17(19)20)22-15(18)9-23-14-5-3-2-4-11(14)16/h2-8H,9H2,1H3. The molecule has 0 saturated heterocycles. The molecule has 8 heteroatoms. The minimum Gasteiger partial charge on any atom is -0.496 e. The van der Waals surface area contributed by atoms with Gasteiger partial charge in [-0.2, -0.15) is 0 Å². The van der Waals surface area contributed by atoms with Crippen LogP contribution >= 0.6 is 11.8 Å². The summed E-state index contributed by atoms with van der Waals surface area (Å²) in [5.74, 6) is -1.25. The summed E-state index contributed by atoms with van der Waals surface area (Å²) in [6, 6.07) is 9.88. The number of nitro benzene ring substituents is 1. The molecule has 6 nitrogen and oxygen atoms in total. The van der Waals surface area contributed by atoms with Gasteiger partial charge in [-0.1, -0.05) is 12.1 Å². The number of rotatable bonds is 6. The zero-order valence-corrected chi connectivity index (χ0v) is 12.8. The lowest BCUT2D eigenvalue weighted by atomic mass is 10.3. The molecule has 2 rings (SSSR count). The van der Waals surface area contributed by atoms with Crippen molar-refractivity contribution < 1.29 is 23.6 Å². The van der Waals surface area contributed by atoms with Crippen LogP contribution in [-0.4, -0.2) is 23.8 Å². The minimum absolute atomic E-state index is 0.176. The van der Waals surface area contributed by atoms with Crippen molar-refractivity contribution in [3.63, 3.8) is 0 Å². The second-order valence-electron chi connectivity index (χ2n) is 4.28. The van der Waals surface area contributed by atoms with Gasteiger partial charge in [0.2, 0.25) is 5.75 Å². The van der Waals surface area contributed by atoms with Crippen LogP contribution in [0.5, 0.6) is 11.5 Å². The van der Waals surface area contributed by atoms with E-state index in [2.05, 4.69) is 0 Å². The third-order valence-electron chi connectivity index (χ3n) is 2.77. The molecule has 0 saturated carbocycles. The van der Waals surface area contributed by atoms with Gasteiger partial charge in [0.1, 0.15) is 11.6 Å². The van der Waals surface area contributed by atoms with Crippen LogP contribution in [0.2, 0.25) is 0 Å². The molecule has 2 aromatic rings. The number of ether oxygens (including phenoxy) is 2. The molecular weight excluding hydrogens is 325 g/mol. The van der Waals surface area contributed by atoms with Crippen molar-refractivity contribution in [1.82, 2.24) is 0 Å². The topological polar surface area (TPSA) is 78.7 Å². The summed E-state index contributed by atoms with van der Waals surface area (Å²) < 4.78 is 23.3. The lowest BCUT2D eigenvalue weighted by Gasteiger charge is -2.07. The second kappa shape index (κ2) is 7.59. The zero-order valence-electron chi connectivity index (χ0n) is 12.0. The Hall–Kier alpha value is -2.61. The molecule has 0 amide bonds. The number of halogens is 1. The Morgan fingerprint density at radius 1 is 1.30 bits per heavy atom. The fourth-order valence-corrected chi connectivity index (χ4v) is 2.42. The van der Waals surface area contributed by atoms with Gasteiger partial charge in [0.15, 0.2) is 0 Å². The Morgan fingerprint density at radius 2 is 2.04 bits per heavy atom. The SMILES string of the molecule is COc1ccc(OC(=O)CSc2ccccc2F)c([N+](=O)[O-])c1. The highest BCUT2D eigenvalue weighted by Gasteiger charge is 2.19. The predicted molar refractivity (Wildman–Crippen MR) is 82.4 cm³/mol. The van der Waals surface area contributed by atoms with Gasteiger partial charge in [-0.3, -0.25) is 14.9 Å². The number of carbonyl (C=O) groups is 1. The number of hydrogen-bond donors (Lipinski definition) is 0. The van der Waals surface area contributed by atoms with Crippen molar-refractivity contribution in [2.45, 2.75) is 4.90 Å². The largest absolute Gasteiger partial charge is 0.496 e. The maximum Gasteiger partial charge on any atom is 0.321 e. The van der Waals surface area contributed by atoms with Gasteiger partial charge < -0.3 is 9.47 Å². The van der Waals surface area contributed by atoms with Crippen molar-refractivity contribution in [1.29, 1.82) is 0 Å². The molecule has 120 valence electrons. The molecule has 0 unspecified atom stereocenters. The van der Waals surface area contributed by atoms with E-state index in [1.54, 1.807) is 12.1 Å². The Kier molecular flexibility index (Phi) is 5.53. The average Bonchev–Trinajstić information content (AvgIpc) is 2.54. The Morgan fingerprint density at radius 3 is 2.70 bits per heavy atom. The summed E-state index contributed by atoms with van der Waals surface area (Å²) in [7, 11) is 1.37. The van der Waals surface area contributed by atoms with Crippen LogP contribution in [-0.2, 0) is 4.79 Å². The summed E-state index contributed by atoms with van der Waals surface area (Å²) in [6.45, 7) is 0. The van der Waals surface area contributed by atoms with Crippen LogP contribution < -0.4 is 9.47 Å². The molecular formula is C15H12FNO5S. The molecule has 2 aromatic carbocycles. The first-order valence-electron chi connectivity index (χ1n) is 6.41. The molecule has 0 aromatic heterocycles. The number of hydrogen-bond acceptors (Lipinski definition) is 6. The number of benzene rings is 2. The monoisotopic (exact) mass is 337 g/mol. The van der Waals surface area contributed by atoms with Gasteiger partial charge in [-0.15, -0.1) is 11.8 Å². The van der Waals surface area contributed by atoms with E-state index in [9.17, 15) is 19.3 Å². The summed E-state index contributed by atoms with van der Waals surface area (Å²) in [5.41, 5.74) is -0.381. The van der Waals surface area contributed by atoms with Gasteiger partial charge >= 0.3 is 11.7 Å². The van der Waals surface area contributed by atoms with Crippen LogP contribution in [0, 0.1) is 15.9 Å². The van der Waals surface area contributed by atoms with Gasteiger partial charge in [-0.05, 0) is 24.3 Å². The van der Waals surface area contributed by atoms with Crippen molar-refractivity contribution in [2.75, 3.05) is 12.9 Å². The van der Waals surface area contributed by atoms with Crippen molar-refractivity contribution in [2.24, 2.45) is 0 Å². The lowest BCUT2D eigenvalue weighted by Crippen LogP contribution is -2.12. The molecule has 0 heterocycles. The maximum atomic E-state index is 13.4. The normalized spacial score (nSPS) is 10.2. The van der Waals surface area contributed by atoms with E-state index in [-0.39, 0.29) is 22.9 Å². The maximum absolute atomic E-state index is 13.4. The zero-order chi connectivity index (χ0) is 16.8. The number of esters is 1. The number of nitrogens with zero attached hydrogens (tertiary/aromatic N) is 1. The van der Waals surface area contributed by atoms with Crippen LogP contribution in [0.1, 0.15) is 0 Å². The van der Waals surface area contributed by atoms with E-state index < -0.39 is 16.7 Å². The van der Waals surface area contributed by atoms with Gasteiger partial charge in [0, 0.05) is 4.90 Å². The molecule has 23 heavy (non-hydrogen) atoms. The average molecular weight is 337 g/mol. The summed E-state index contributed by atoms with van der Waals surface area (Å²) in [5, 5.41) is 11.0. The smallest absolute Gasteiger partial charge is 0.321 e. The number of nitro groups is 1. The third kappa shape index (κ3) is 4.43. The molecule has 0 fully saturated rings. The van der Waals surface area contributed by atoms with Gasteiger partial charge in [-0.25, -0.2) is 4.39 Å². The first-order chi connectivity index (χ1) is 11.0. The predicted octanol–water partition coefficient (Wildman–Crippen LogP) is 3.44. The summed E-state index contributed by atoms with van der Waals surface area (Å²) >= 11 is 0.952. The van der Waals surface area contributed by atoms with E-state index in [1.165, 1.54) is 31.4 Å². The van der Waals surface area contributed by atoms with Gasteiger partial charge in [0.05, 0.1) is 23.9 Å². The van der Waals surface area contributed by atoms with Crippen LogP contribution in [0.15, 0.2) is 47.4 Å². The van der Waals surface area contributed by atoms with E-state index in [0.717, 1.165) is 17.8 Å². The number of thioether (sulfide) groups is 1. The molecule has 0 radical (unpaired) electrons. The van der Waals surface area contributed by atoms with Crippen molar-refractivity contribution in [3.05, 3.63) is 58.4 Å². The van der Waals surface area contributed by atoms with E-state index in [1.807, 2.05) is 0 Å². The molecule has 0 bridgehead atoms. The Labute approximate surface area is 135 Å². The van der Waals surface area contributed by atoms with Crippen LogP contribution in [0.3, 0.4) is 0 Å². The highest BCUT2D eigenvalue weighted by molar-refractivity contribution is 8.00. The van der Waals surface area contributed by atoms with Crippen LogP contribution in [0.25, 0.3) is 0 Å². The number of methoxy groups -OCH3 is 1.